The molecule has 1 spiro atoms. The zero-order valence-corrected chi connectivity index (χ0v) is 15.7. The van der Waals surface area contributed by atoms with Crippen molar-refractivity contribution in [2.24, 2.45) is 0 Å². The summed E-state index contributed by atoms with van der Waals surface area (Å²) in [6.07, 6.45) is 0.701. The fourth-order valence-electron chi connectivity index (χ4n) is 3.36. The number of hydrogen-bond donors (Lipinski definition) is 1. The molecule has 2 aliphatic heterocycles. The van der Waals surface area contributed by atoms with Crippen LogP contribution in [0.4, 0.5) is 4.79 Å². The number of ether oxygens (including phenoxy) is 1. The molecule has 4 rings (SSSR count). The van der Waals surface area contributed by atoms with E-state index < -0.39 is 11.1 Å². The maximum Gasteiger partial charge on any atom is 0.410 e. The van der Waals surface area contributed by atoms with Crippen molar-refractivity contribution in [3.05, 3.63) is 22.1 Å². The lowest BCUT2D eigenvalue weighted by Gasteiger charge is -2.40. The summed E-state index contributed by atoms with van der Waals surface area (Å²) >= 11 is 1.36. The number of likely N-dealkylation sites (tertiary alicyclic amines) is 1. The lowest BCUT2D eigenvalue weighted by atomic mass is 9.86. The number of carbonyl (C=O) groups is 2. The van der Waals surface area contributed by atoms with Crippen LogP contribution in [0.5, 0.6) is 0 Å². The number of hydrogen-bond acceptors (Lipinski definition) is 7. The molecule has 0 radical (unpaired) electrons. The Morgan fingerprint density at radius 3 is 2.77 bits per heavy atom. The summed E-state index contributed by atoms with van der Waals surface area (Å²) in [6.45, 7) is 6.43. The van der Waals surface area contributed by atoms with Crippen LogP contribution in [-0.4, -0.2) is 55.8 Å². The number of rotatable bonds is 0. The van der Waals surface area contributed by atoms with Gasteiger partial charge in [0.1, 0.15) is 16.0 Å². The molecule has 0 atom stereocenters. The van der Waals surface area contributed by atoms with E-state index in [1.165, 1.54) is 11.3 Å². The molecule has 2 aromatic rings. The second kappa shape index (κ2) is 5.76. The normalized spacial score (nSPS) is 18.7. The topological polar surface area (TPSA) is 102 Å². The summed E-state index contributed by atoms with van der Waals surface area (Å²) in [7, 11) is 0. The molecule has 2 amide bonds. The summed E-state index contributed by atoms with van der Waals surface area (Å²) in [5, 5.41) is 17.0. The van der Waals surface area contributed by atoms with Crippen LogP contribution in [0.3, 0.4) is 0 Å². The molecule has 0 aromatic carbocycles. The molecular formula is C16H20N6O3S. The Labute approximate surface area is 154 Å². The Bertz CT molecular complexity index is 859. The van der Waals surface area contributed by atoms with Crippen molar-refractivity contribution in [3.63, 3.8) is 0 Å². The molecule has 138 valence electrons. The van der Waals surface area contributed by atoms with Crippen molar-refractivity contribution in [2.45, 2.75) is 44.8 Å². The quantitative estimate of drug-likeness (QED) is 0.751. The highest BCUT2D eigenvalue weighted by atomic mass is 32.1. The molecule has 2 aromatic heterocycles. The van der Waals surface area contributed by atoms with E-state index in [1.54, 1.807) is 9.58 Å². The van der Waals surface area contributed by atoms with Gasteiger partial charge in [0.05, 0.1) is 5.69 Å². The predicted octanol–water partition coefficient (Wildman–Crippen LogP) is 1.69. The van der Waals surface area contributed by atoms with Crippen LogP contribution < -0.4 is 5.32 Å². The molecule has 0 saturated carbocycles. The summed E-state index contributed by atoms with van der Waals surface area (Å²) in [4.78, 5) is 27.3. The first kappa shape index (κ1) is 17.0. The van der Waals surface area contributed by atoms with Crippen LogP contribution in [0.1, 0.15) is 49.1 Å². The first-order valence-electron chi connectivity index (χ1n) is 8.46. The Morgan fingerprint density at radius 2 is 2.08 bits per heavy atom. The molecule has 0 aliphatic carbocycles. The maximum absolute atomic E-state index is 12.7. The van der Waals surface area contributed by atoms with Gasteiger partial charge in [0.2, 0.25) is 0 Å². The molecule has 2 aliphatic rings. The lowest BCUT2D eigenvalue weighted by Crippen LogP contribution is -2.54. The van der Waals surface area contributed by atoms with E-state index in [-0.39, 0.29) is 12.0 Å². The van der Waals surface area contributed by atoms with Gasteiger partial charge in [0.25, 0.3) is 5.91 Å². The van der Waals surface area contributed by atoms with Gasteiger partial charge >= 0.3 is 6.09 Å². The maximum atomic E-state index is 12.7. The molecule has 0 bridgehead atoms. The molecular weight excluding hydrogens is 356 g/mol. The van der Waals surface area contributed by atoms with E-state index in [0.717, 1.165) is 0 Å². The van der Waals surface area contributed by atoms with Gasteiger partial charge in [-0.2, -0.15) is 4.68 Å². The number of nitrogens with zero attached hydrogens (tertiary/aromatic N) is 5. The van der Waals surface area contributed by atoms with E-state index in [4.69, 9.17) is 4.74 Å². The van der Waals surface area contributed by atoms with Crippen LogP contribution >= 0.6 is 11.3 Å². The van der Waals surface area contributed by atoms with Crippen LogP contribution in [0, 0.1) is 0 Å². The highest BCUT2D eigenvalue weighted by Crippen LogP contribution is 2.37. The highest BCUT2D eigenvalue weighted by molar-refractivity contribution is 7.12. The van der Waals surface area contributed by atoms with Gasteiger partial charge in [-0.25, -0.2) is 4.79 Å². The smallest absolute Gasteiger partial charge is 0.410 e. The first-order valence-corrected chi connectivity index (χ1v) is 9.34. The third kappa shape index (κ3) is 2.74. The van der Waals surface area contributed by atoms with E-state index in [1.807, 2.05) is 32.2 Å². The van der Waals surface area contributed by atoms with E-state index in [9.17, 15) is 9.59 Å². The number of nitrogens with one attached hydrogen (secondary N) is 1. The van der Waals surface area contributed by atoms with Gasteiger partial charge in [0.15, 0.2) is 5.82 Å². The third-order valence-corrected chi connectivity index (χ3v) is 5.50. The lowest BCUT2D eigenvalue weighted by molar-refractivity contribution is 0.0139. The van der Waals surface area contributed by atoms with Gasteiger partial charge in [-0.05, 0) is 55.5 Å². The standard InChI is InChI=1S/C16H20N6O3S/c1-15(2,3)25-14(24)21-7-5-16(6-8-21)13-18-19-20-22(13)10-4-9-26-11(10)12(23)17-16/h4,9H,5-8H2,1-3H3,(H,17,23). The van der Waals surface area contributed by atoms with Gasteiger partial charge in [-0.15, -0.1) is 16.4 Å². The van der Waals surface area contributed by atoms with Gasteiger partial charge in [-0.1, -0.05) is 0 Å². The van der Waals surface area contributed by atoms with Crippen molar-refractivity contribution in [2.75, 3.05) is 13.1 Å². The fraction of sp³-hybridized carbons (Fsp3) is 0.562. The van der Waals surface area contributed by atoms with Crippen molar-refractivity contribution in [1.29, 1.82) is 0 Å². The molecule has 1 fully saturated rings. The number of aromatic nitrogens is 4. The number of carbonyl (C=O) groups excluding carboxylic acids is 2. The summed E-state index contributed by atoms with van der Waals surface area (Å²) < 4.78 is 7.08. The van der Waals surface area contributed by atoms with E-state index in [0.29, 0.717) is 42.3 Å². The van der Waals surface area contributed by atoms with E-state index >= 15 is 0 Å². The minimum Gasteiger partial charge on any atom is -0.444 e. The summed E-state index contributed by atoms with van der Waals surface area (Å²) in [5.74, 6) is 0.458. The Hall–Kier alpha value is -2.49. The summed E-state index contributed by atoms with van der Waals surface area (Å²) in [5.41, 5.74) is -0.544. The SMILES string of the molecule is CC(C)(C)OC(=O)N1CCC2(CC1)NC(=O)c1sccc1-n1nnnc12. The number of piperidine rings is 1. The highest BCUT2D eigenvalue weighted by Gasteiger charge is 2.46. The minimum absolute atomic E-state index is 0.145. The number of thiophene rings is 1. The van der Waals surface area contributed by atoms with Gasteiger partial charge < -0.3 is 15.0 Å². The molecule has 4 heterocycles. The molecule has 1 N–H and O–H groups in total. The van der Waals surface area contributed by atoms with E-state index in [2.05, 4.69) is 20.8 Å². The van der Waals surface area contributed by atoms with Crippen LogP contribution in [0.2, 0.25) is 0 Å². The Kier molecular flexibility index (Phi) is 3.76. The predicted molar refractivity (Wildman–Crippen MR) is 93.2 cm³/mol. The summed E-state index contributed by atoms with van der Waals surface area (Å²) in [6, 6.07) is 1.84. The number of fused-ring (bicyclic) bond motifs is 4. The van der Waals surface area contributed by atoms with Gasteiger partial charge in [-0.3, -0.25) is 4.79 Å². The fourth-order valence-corrected chi connectivity index (χ4v) is 4.13. The molecule has 9 nitrogen and oxygen atoms in total. The Morgan fingerprint density at radius 1 is 1.35 bits per heavy atom. The zero-order valence-electron chi connectivity index (χ0n) is 14.9. The number of amides is 2. The third-order valence-electron chi connectivity index (χ3n) is 4.60. The van der Waals surface area contributed by atoms with Crippen LogP contribution in [0.15, 0.2) is 11.4 Å². The second-order valence-electron chi connectivity index (χ2n) is 7.55. The average molecular weight is 376 g/mol. The first-order chi connectivity index (χ1) is 12.3. The Balaban J connectivity index is 1.60. The van der Waals surface area contributed by atoms with Crippen molar-refractivity contribution in [1.82, 2.24) is 30.4 Å². The average Bonchev–Trinajstić information content (AvgIpc) is 3.21. The molecule has 26 heavy (non-hydrogen) atoms. The minimum atomic E-state index is -0.697. The van der Waals surface area contributed by atoms with Gasteiger partial charge in [0, 0.05) is 13.1 Å². The zero-order chi connectivity index (χ0) is 18.5. The molecule has 1 saturated heterocycles. The van der Waals surface area contributed by atoms with Crippen molar-refractivity contribution in [3.8, 4) is 5.69 Å². The van der Waals surface area contributed by atoms with Crippen LogP contribution in [0.25, 0.3) is 5.69 Å². The second-order valence-corrected chi connectivity index (χ2v) is 8.47. The molecule has 0 unspecified atom stereocenters. The molecule has 10 heteroatoms. The van der Waals surface area contributed by atoms with Crippen LogP contribution in [-0.2, 0) is 10.3 Å². The van der Waals surface area contributed by atoms with Crippen molar-refractivity contribution >= 4 is 23.3 Å². The monoisotopic (exact) mass is 376 g/mol. The van der Waals surface area contributed by atoms with Crippen molar-refractivity contribution < 1.29 is 14.3 Å². The largest absolute Gasteiger partial charge is 0.444 e. The number of tetrazole rings is 1.